The third kappa shape index (κ3) is 3.82. The van der Waals surface area contributed by atoms with E-state index in [0.29, 0.717) is 5.56 Å². The number of nitrogens with one attached hydrogen (secondary N) is 1. The Morgan fingerprint density at radius 1 is 1.25 bits per heavy atom. The molecule has 1 atom stereocenters. The second-order valence-corrected chi connectivity index (χ2v) is 4.83. The molecule has 0 aliphatic carbocycles. The molecule has 1 aromatic heterocycles. The van der Waals surface area contributed by atoms with Crippen LogP contribution in [0.1, 0.15) is 17.3 Å². The number of benzene rings is 1. The summed E-state index contributed by atoms with van der Waals surface area (Å²) in [5, 5.41) is 2.98. The standard InChI is InChI=1S/C16H19N3O/c1-13(12-19(2)15-8-4-3-5-9-15)18-16(20)14-7-6-10-17-11-14/h3-11,13H,12H2,1-2H3,(H,18,20). The number of carbonyl (C=O) groups is 1. The smallest absolute Gasteiger partial charge is 0.253 e. The van der Waals surface area contributed by atoms with Crippen molar-refractivity contribution >= 4 is 11.6 Å². The lowest BCUT2D eigenvalue weighted by Crippen LogP contribution is -2.40. The van der Waals surface area contributed by atoms with Gasteiger partial charge in [0.05, 0.1) is 5.56 Å². The summed E-state index contributed by atoms with van der Waals surface area (Å²) in [4.78, 5) is 18.1. The molecule has 0 saturated carbocycles. The van der Waals surface area contributed by atoms with Gasteiger partial charge in [-0.25, -0.2) is 0 Å². The van der Waals surface area contributed by atoms with Crippen molar-refractivity contribution in [3.05, 3.63) is 60.4 Å². The van der Waals surface area contributed by atoms with Crippen LogP contribution in [-0.4, -0.2) is 30.5 Å². The highest BCUT2D eigenvalue weighted by Crippen LogP contribution is 2.11. The average Bonchev–Trinajstić information content (AvgIpc) is 2.49. The summed E-state index contributed by atoms with van der Waals surface area (Å²) in [6.07, 6.45) is 3.23. The molecule has 0 radical (unpaired) electrons. The van der Waals surface area contributed by atoms with E-state index in [4.69, 9.17) is 0 Å². The lowest BCUT2D eigenvalue weighted by atomic mass is 10.2. The average molecular weight is 269 g/mol. The number of anilines is 1. The van der Waals surface area contributed by atoms with E-state index in [1.807, 2.05) is 32.2 Å². The van der Waals surface area contributed by atoms with Gasteiger partial charge in [-0.1, -0.05) is 18.2 Å². The number of hydrogen-bond acceptors (Lipinski definition) is 3. The number of hydrogen-bond donors (Lipinski definition) is 1. The quantitative estimate of drug-likeness (QED) is 0.906. The van der Waals surface area contributed by atoms with Crippen LogP contribution < -0.4 is 10.2 Å². The van der Waals surface area contributed by atoms with Crippen LogP contribution >= 0.6 is 0 Å². The van der Waals surface area contributed by atoms with E-state index in [9.17, 15) is 4.79 Å². The molecule has 1 unspecified atom stereocenters. The first-order chi connectivity index (χ1) is 9.66. The van der Waals surface area contributed by atoms with Crippen molar-refractivity contribution in [3.63, 3.8) is 0 Å². The van der Waals surface area contributed by atoms with Gasteiger partial charge in [-0.05, 0) is 31.2 Å². The molecule has 0 aliphatic heterocycles. The minimum absolute atomic E-state index is 0.0490. The highest BCUT2D eigenvalue weighted by molar-refractivity contribution is 5.94. The SMILES string of the molecule is CC(CN(C)c1ccccc1)NC(=O)c1cccnc1. The summed E-state index contributed by atoms with van der Waals surface area (Å²) in [6, 6.07) is 13.7. The molecule has 1 amide bonds. The van der Waals surface area contributed by atoms with E-state index < -0.39 is 0 Å². The fraction of sp³-hybridized carbons (Fsp3) is 0.250. The van der Waals surface area contributed by atoms with E-state index in [0.717, 1.165) is 12.2 Å². The Bertz CT molecular complexity index is 542. The molecule has 0 spiro atoms. The Kier molecular flexibility index (Phi) is 4.71. The van der Waals surface area contributed by atoms with E-state index in [2.05, 4.69) is 27.3 Å². The molecule has 104 valence electrons. The van der Waals surface area contributed by atoms with Crippen LogP contribution in [0.2, 0.25) is 0 Å². The number of nitrogens with zero attached hydrogens (tertiary/aromatic N) is 2. The molecular formula is C16H19N3O. The molecule has 1 N–H and O–H groups in total. The maximum atomic E-state index is 12.0. The summed E-state index contributed by atoms with van der Waals surface area (Å²) < 4.78 is 0. The van der Waals surface area contributed by atoms with Gasteiger partial charge in [0.25, 0.3) is 5.91 Å². The summed E-state index contributed by atoms with van der Waals surface area (Å²) in [7, 11) is 2.02. The molecule has 4 nitrogen and oxygen atoms in total. The Labute approximate surface area is 119 Å². The number of carbonyl (C=O) groups excluding carboxylic acids is 1. The van der Waals surface area contributed by atoms with Gasteiger partial charge in [-0.15, -0.1) is 0 Å². The van der Waals surface area contributed by atoms with Crippen LogP contribution in [0.4, 0.5) is 5.69 Å². The molecular weight excluding hydrogens is 250 g/mol. The monoisotopic (exact) mass is 269 g/mol. The van der Waals surface area contributed by atoms with Gasteiger partial charge in [-0.2, -0.15) is 0 Å². The van der Waals surface area contributed by atoms with Gasteiger partial charge in [0.2, 0.25) is 0 Å². The Morgan fingerprint density at radius 3 is 2.65 bits per heavy atom. The molecule has 2 rings (SSSR count). The molecule has 0 aliphatic rings. The molecule has 1 aromatic carbocycles. The molecule has 0 fully saturated rings. The highest BCUT2D eigenvalue weighted by Gasteiger charge is 2.11. The molecule has 1 heterocycles. The molecule has 0 saturated heterocycles. The third-order valence-corrected chi connectivity index (χ3v) is 3.05. The van der Waals surface area contributed by atoms with Crippen molar-refractivity contribution < 1.29 is 4.79 Å². The van der Waals surface area contributed by atoms with E-state index in [1.165, 1.54) is 0 Å². The lowest BCUT2D eigenvalue weighted by molar-refractivity contribution is 0.0941. The fourth-order valence-corrected chi connectivity index (χ4v) is 2.05. The second kappa shape index (κ2) is 6.70. The van der Waals surface area contributed by atoms with Crippen molar-refractivity contribution in [1.29, 1.82) is 0 Å². The first-order valence-electron chi connectivity index (χ1n) is 6.64. The van der Waals surface area contributed by atoms with Gasteiger partial charge < -0.3 is 10.2 Å². The van der Waals surface area contributed by atoms with E-state index >= 15 is 0 Å². The zero-order valence-electron chi connectivity index (χ0n) is 11.8. The summed E-state index contributed by atoms with van der Waals surface area (Å²) in [6.45, 7) is 2.74. The highest BCUT2D eigenvalue weighted by atomic mass is 16.1. The molecule has 0 bridgehead atoms. The van der Waals surface area contributed by atoms with Crippen LogP contribution in [0.25, 0.3) is 0 Å². The third-order valence-electron chi connectivity index (χ3n) is 3.05. The van der Waals surface area contributed by atoms with Gasteiger partial charge in [0.15, 0.2) is 0 Å². The van der Waals surface area contributed by atoms with E-state index in [1.54, 1.807) is 24.5 Å². The first kappa shape index (κ1) is 14.1. The first-order valence-corrected chi connectivity index (χ1v) is 6.64. The Morgan fingerprint density at radius 2 is 2.00 bits per heavy atom. The van der Waals surface area contributed by atoms with E-state index in [-0.39, 0.29) is 11.9 Å². The van der Waals surface area contributed by atoms with Crippen molar-refractivity contribution in [1.82, 2.24) is 10.3 Å². The number of para-hydroxylation sites is 1. The van der Waals surface area contributed by atoms with Crippen molar-refractivity contribution in [3.8, 4) is 0 Å². The van der Waals surface area contributed by atoms with Crippen LogP contribution in [0.15, 0.2) is 54.9 Å². The zero-order chi connectivity index (χ0) is 14.4. The number of likely N-dealkylation sites (N-methyl/N-ethyl adjacent to an activating group) is 1. The van der Waals surface area contributed by atoms with Gasteiger partial charge >= 0.3 is 0 Å². The second-order valence-electron chi connectivity index (χ2n) is 4.83. The molecule has 4 heteroatoms. The van der Waals surface area contributed by atoms with Crippen LogP contribution in [-0.2, 0) is 0 Å². The predicted molar refractivity (Wildman–Crippen MR) is 80.9 cm³/mol. The minimum atomic E-state index is -0.0907. The largest absolute Gasteiger partial charge is 0.373 e. The van der Waals surface area contributed by atoms with Crippen LogP contribution in [0.3, 0.4) is 0 Å². The normalized spacial score (nSPS) is 11.7. The number of pyridine rings is 1. The van der Waals surface area contributed by atoms with Crippen molar-refractivity contribution in [2.24, 2.45) is 0 Å². The number of aromatic nitrogens is 1. The van der Waals surface area contributed by atoms with Crippen molar-refractivity contribution in [2.75, 3.05) is 18.5 Å². The number of rotatable bonds is 5. The minimum Gasteiger partial charge on any atom is -0.373 e. The van der Waals surface area contributed by atoms with Crippen LogP contribution in [0, 0.1) is 0 Å². The Hall–Kier alpha value is -2.36. The summed E-state index contributed by atoms with van der Waals surface area (Å²) in [5.41, 5.74) is 1.72. The fourth-order valence-electron chi connectivity index (χ4n) is 2.05. The van der Waals surface area contributed by atoms with Crippen LogP contribution in [0.5, 0.6) is 0 Å². The summed E-state index contributed by atoms with van der Waals surface area (Å²) in [5.74, 6) is -0.0907. The van der Waals surface area contributed by atoms with Gasteiger partial charge in [-0.3, -0.25) is 9.78 Å². The summed E-state index contributed by atoms with van der Waals surface area (Å²) >= 11 is 0. The maximum Gasteiger partial charge on any atom is 0.253 e. The zero-order valence-corrected chi connectivity index (χ0v) is 11.8. The lowest BCUT2D eigenvalue weighted by Gasteiger charge is -2.24. The van der Waals surface area contributed by atoms with Crippen molar-refractivity contribution in [2.45, 2.75) is 13.0 Å². The molecule has 2 aromatic rings. The van der Waals surface area contributed by atoms with Gasteiger partial charge in [0, 0.05) is 37.7 Å². The number of amides is 1. The predicted octanol–water partition coefficient (Wildman–Crippen LogP) is 2.34. The topological polar surface area (TPSA) is 45.2 Å². The van der Waals surface area contributed by atoms with Gasteiger partial charge in [0.1, 0.15) is 0 Å². The maximum absolute atomic E-state index is 12.0. The molecule has 20 heavy (non-hydrogen) atoms. The Balaban J connectivity index is 1.90.